The van der Waals surface area contributed by atoms with Crippen LogP contribution in [0.1, 0.15) is 19.0 Å². The van der Waals surface area contributed by atoms with Crippen molar-refractivity contribution >= 4 is 22.4 Å². The average Bonchev–Trinajstić information content (AvgIpc) is 2.51. The predicted molar refractivity (Wildman–Crippen MR) is 58.2 cm³/mol. The van der Waals surface area contributed by atoms with E-state index >= 15 is 0 Å². The molecule has 1 amide bonds. The van der Waals surface area contributed by atoms with Crippen LogP contribution in [0.3, 0.4) is 0 Å². The fourth-order valence-electron chi connectivity index (χ4n) is 1.15. The summed E-state index contributed by atoms with van der Waals surface area (Å²) in [6.07, 6.45) is 1.33. The number of nitrogen functional groups attached to an aromatic ring is 1. The van der Waals surface area contributed by atoms with Crippen LogP contribution in [-0.2, 0) is 11.2 Å². The van der Waals surface area contributed by atoms with E-state index in [1.54, 1.807) is 4.90 Å². The Morgan fingerprint density at radius 1 is 1.71 bits per heavy atom. The zero-order chi connectivity index (χ0) is 10.6. The second kappa shape index (κ2) is 4.95. The minimum atomic E-state index is 0.0946. The molecule has 5 heteroatoms. The zero-order valence-corrected chi connectivity index (χ0v) is 9.30. The maximum absolute atomic E-state index is 11.6. The van der Waals surface area contributed by atoms with Gasteiger partial charge >= 0.3 is 0 Å². The molecule has 4 nitrogen and oxygen atoms in total. The number of amides is 1. The Hall–Kier alpha value is -1.10. The summed E-state index contributed by atoms with van der Waals surface area (Å²) >= 11 is 1.37. The quantitative estimate of drug-likeness (QED) is 0.815. The molecule has 0 unspecified atom stereocenters. The van der Waals surface area contributed by atoms with Gasteiger partial charge in [0.2, 0.25) is 5.91 Å². The summed E-state index contributed by atoms with van der Waals surface area (Å²) in [5.74, 6) is 0.0946. The molecule has 0 fully saturated rings. The van der Waals surface area contributed by atoms with E-state index in [1.807, 2.05) is 19.4 Å². The molecule has 0 atom stereocenters. The third-order valence-corrected chi connectivity index (χ3v) is 2.61. The van der Waals surface area contributed by atoms with Crippen LogP contribution in [0.5, 0.6) is 0 Å². The molecule has 0 aromatic carbocycles. The van der Waals surface area contributed by atoms with Crippen LogP contribution in [0.25, 0.3) is 0 Å². The van der Waals surface area contributed by atoms with Crippen LogP contribution in [0.15, 0.2) is 5.38 Å². The highest BCUT2D eigenvalue weighted by Gasteiger charge is 2.10. The van der Waals surface area contributed by atoms with Gasteiger partial charge in [-0.25, -0.2) is 4.98 Å². The molecule has 0 bridgehead atoms. The van der Waals surface area contributed by atoms with Gasteiger partial charge < -0.3 is 10.6 Å². The van der Waals surface area contributed by atoms with Gasteiger partial charge in [-0.3, -0.25) is 4.79 Å². The number of carbonyl (C=O) groups excluding carboxylic acids is 1. The highest BCUT2D eigenvalue weighted by molar-refractivity contribution is 7.13. The Bertz CT molecular complexity index is 311. The van der Waals surface area contributed by atoms with Gasteiger partial charge in [-0.15, -0.1) is 11.3 Å². The van der Waals surface area contributed by atoms with E-state index < -0.39 is 0 Å². The summed E-state index contributed by atoms with van der Waals surface area (Å²) in [6.45, 7) is 2.84. The first-order chi connectivity index (χ1) is 6.63. The molecule has 2 N–H and O–H groups in total. The number of carbonyl (C=O) groups is 1. The Morgan fingerprint density at radius 3 is 2.93 bits per heavy atom. The zero-order valence-electron chi connectivity index (χ0n) is 8.49. The summed E-state index contributed by atoms with van der Waals surface area (Å²) in [7, 11) is 1.81. The van der Waals surface area contributed by atoms with E-state index in [4.69, 9.17) is 5.73 Å². The van der Waals surface area contributed by atoms with Gasteiger partial charge in [-0.05, 0) is 6.42 Å². The number of nitrogens with two attached hydrogens (primary N) is 1. The number of likely N-dealkylation sites (N-methyl/N-ethyl adjacent to an activating group) is 1. The third kappa shape index (κ3) is 2.99. The summed E-state index contributed by atoms with van der Waals surface area (Å²) in [5.41, 5.74) is 6.24. The van der Waals surface area contributed by atoms with Gasteiger partial charge in [0.1, 0.15) is 0 Å². The molecule has 0 saturated carbocycles. The fourth-order valence-corrected chi connectivity index (χ4v) is 1.72. The molecule has 1 heterocycles. The van der Waals surface area contributed by atoms with E-state index in [1.165, 1.54) is 11.3 Å². The Kier molecular flexibility index (Phi) is 3.88. The lowest BCUT2D eigenvalue weighted by atomic mass is 10.3. The van der Waals surface area contributed by atoms with Crippen molar-refractivity contribution in [2.75, 3.05) is 19.3 Å². The van der Waals surface area contributed by atoms with Crippen molar-refractivity contribution in [3.8, 4) is 0 Å². The Balaban J connectivity index is 2.48. The summed E-state index contributed by atoms with van der Waals surface area (Å²) < 4.78 is 0. The van der Waals surface area contributed by atoms with Crippen molar-refractivity contribution < 1.29 is 4.79 Å². The molecule has 1 rings (SSSR count). The van der Waals surface area contributed by atoms with E-state index in [9.17, 15) is 4.79 Å². The van der Waals surface area contributed by atoms with Gasteiger partial charge in [0, 0.05) is 19.0 Å². The maximum atomic E-state index is 11.6. The van der Waals surface area contributed by atoms with E-state index in [0.717, 1.165) is 18.7 Å². The predicted octanol–water partition coefficient (Wildman–Crippen LogP) is 1.14. The summed E-state index contributed by atoms with van der Waals surface area (Å²) in [5, 5.41) is 2.35. The Labute approximate surface area is 87.7 Å². The van der Waals surface area contributed by atoms with Crippen molar-refractivity contribution in [2.45, 2.75) is 19.8 Å². The largest absolute Gasteiger partial charge is 0.375 e. The van der Waals surface area contributed by atoms with Gasteiger partial charge in [0.15, 0.2) is 5.13 Å². The first-order valence-corrected chi connectivity index (χ1v) is 5.45. The number of thiazole rings is 1. The molecule has 0 saturated heterocycles. The number of hydrogen-bond donors (Lipinski definition) is 1. The molecule has 0 aliphatic rings. The molecule has 1 aromatic rings. The average molecular weight is 213 g/mol. The molecule has 14 heavy (non-hydrogen) atoms. The third-order valence-electron chi connectivity index (χ3n) is 1.89. The summed E-state index contributed by atoms with van der Waals surface area (Å²) in [4.78, 5) is 17.3. The van der Waals surface area contributed by atoms with Crippen LogP contribution in [0, 0.1) is 0 Å². The van der Waals surface area contributed by atoms with Gasteiger partial charge in [0.05, 0.1) is 12.1 Å². The van der Waals surface area contributed by atoms with E-state index in [-0.39, 0.29) is 5.91 Å². The highest BCUT2D eigenvalue weighted by atomic mass is 32.1. The molecule has 0 aliphatic heterocycles. The monoisotopic (exact) mass is 213 g/mol. The van der Waals surface area contributed by atoms with E-state index in [0.29, 0.717) is 11.6 Å². The molecule has 0 aliphatic carbocycles. The molecular weight excluding hydrogens is 198 g/mol. The molecule has 78 valence electrons. The van der Waals surface area contributed by atoms with Gasteiger partial charge in [-0.2, -0.15) is 0 Å². The number of rotatable bonds is 4. The fraction of sp³-hybridized carbons (Fsp3) is 0.556. The topological polar surface area (TPSA) is 59.2 Å². The standard InChI is InChI=1S/C9H15N3OS/c1-3-4-12(2)8(13)5-7-6-14-9(10)11-7/h6H,3-5H2,1-2H3,(H2,10,11). The molecule has 0 spiro atoms. The Morgan fingerprint density at radius 2 is 2.43 bits per heavy atom. The van der Waals surface area contributed by atoms with Crippen molar-refractivity contribution in [2.24, 2.45) is 0 Å². The smallest absolute Gasteiger partial charge is 0.228 e. The second-order valence-electron chi connectivity index (χ2n) is 3.17. The van der Waals surface area contributed by atoms with Crippen LogP contribution in [0.4, 0.5) is 5.13 Å². The molecular formula is C9H15N3OS. The van der Waals surface area contributed by atoms with Gasteiger partial charge in [-0.1, -0.05) is 6.92 Å². The SMILES string of the molecule is CCCN(C)C(=O)Cc1csc(N)n1. The number of aromatic nitrogens is 1. The van der Waals surface area contributed by atoms with E-state index in [2.05, 4.69) is 4.98 Å². The molecule has 0 radical (unpaired) electrons. The van der Waals surface area contributed by atoms with Crippen molar-refractivity contribution in [1.29, 1.82) is 0 Å². The minimum Gasteiger partial charge on any atom is -0.375 e. The first-order valence-electron chi connectivity index (χ1n) is 4.57. The highest BCUT2D eigenvalue weighted by Crippen LogP contribution is 2.11. The van der Waals surface area contributed by atoms with Crippen LogP contribution < -0.4 is 5.73 Å². The first kappa shape index (κ1) is 11.0. The lowest BCUT2D eigenvalue weighted by molar-refractivity contribution is -0.129. The van der Waals surface area contributed by atoms with Crippen molar-refractivity contribution in [3.63, 3.8) is 0 Å². The second-order valence-corrected chi connectivity index (χ2v) is 4.06. The number of nitrogens with zero attached hydrogens (tertiary/aromatic N) is 2. The van der Waals surface area contributed by atoms with Gasteiger partial charge in [0.25, 0.3) is 0 Å². The lowest BCUT2D eigenvalue weighted by Crippen LogP contribution is -2.28. The number of anilines is 1. The van der Waals surface area contributed by atoms with Crippen molar-refractivity contribution in [3.05, 3.63) is 11.1 Å². The normalized spacial score (nSPS) is 10.1. The van der Waals surface area contributed by atoms with Crippen LogP contribution >= 0.6 is 11.3 Å². The maximum Gasteiger partial charge on any atom is 0.228 e. The van der Waals surface area contributed by atoms with Crippen LogP contribution in [-0.4, -0.2) is 29.4 Å². The van der Waals surface area contributed by atoms with Crippen LogP contribution in [0.2, 0.25) is 0 Å². The lowest BCUT2D eigenvalue weighted by Gasteiger charge is -2.14. The molecule has 1 aromatic heterocycles. The van der Waals surface area contributed by atoms with Crippen molar-refractivity contribution in [1.82, 2.24) is 9.88 Å². The minimum absolute atomic E-state index is 0.0946. The summed E-state index contributed by atoms with van der Waals surface area (Å²) in [6, 6.07) is 0. The number of hydrogen-bond acceptors (Lipinski definition) is 4.